The molecule has 1 aliphatic carbocycles. The maximum absolute atomic E-state index is 14.4. The number of benzene rings is 2. The van der Waals surface area contributed by atoms with E-state index in [2.05, 4.69) is 5.32 Å². The molecule has 2 amide bonds. The minimum atomic E-state index is -0.706. The summed E-state index contributed by atoms with van der Waals surface area (Å²) in [6, 6.07) is 13.7. The summed E-state index contributed by atoms with van der Waals surface area (Å²) in [5.41, 5.74) is -0.257. The summed E-state index contributed by atoms with van der Waals surface area (Å²) in [5, 5.41) is 2.54. The number of carbonyl (C=O) groups excluding carboxylic acids is 2. The predicted molar refractivity (Wildman–Crippen MR) is 143 cm³/mol. The highest BCUT2D eigenvalue weighted by molar-refractivity contribution is 6.30. The van der Waals surface area contributed by atoms with Crippen LogP contribution >= 0.6 is 11.6 Å². The van der Waals surface area contributed by atoms with Gasteiger partial charge in [0.2, 0.25) is 5.43 Å². The van der Waals surface area contributed by atoms with Gasteiger partial charge in [0.1, 0.15) is 18.0 Å². The van der Waals surface area contributed by atoms with Crippen molar-refractivity contribution in [3.8, 4) is 5.75 Å². The van der Waals surface area contributed by atoms with Crippen molar-refractivity contribution >= 4 is 23.4 Å². The van der Waals surface area contributed by atoms with E-state index in [0.717, 1.165) is 12.0 Å². The van der Waals surface area contributed by atoms with Gasteiger partial charge in [-0.1, -0.05) is 54.1 Å². The molecule has 2 aliphatic rings. The Morgan fingerprint density at radius 2 is 1.95 bits per heavy atom. The van der Waals surface area contributed by atoms with E-state index in [1.807, 2.05) is 37.3 Å². The Hall–Kier alpha value is -3.69. The quantitative estimate of drug-likeness (QED) is 0.432. The fourth-order valence-corrected chi connectivity index (χ4v) is 5.64. The summed E-state index contributed by atoms with van der Waals surface area (Å²) in [5.74, 6) is -1.71. The molecule has 39 heavy (non-hydrogen) atoms. The third kappa shape index (κ3) is 4.92. The van der Waals surface area contributed by atoms with E-state index in [0.29, 0.717) is 19.7 Å². The van der Waals surface area contributed by atoms with Crippen LogP contribution in [0.5, 0.6) is 5.75 Å². The Kier molecular flexibility index (Phi) is 7.46. The zero-order valence-electron chi connectivity index (χ0n) is 21.7. The average Bonchev–Trinajstić information content (AvgIpc) is 3.61. The predicted octanol–water partition coefficient (Wildman–Crippen LogP) is 4.03. The monoisotopic (exact) mass is 553 g/mol. The summed E-state index contributed by atoms with van der Waals surface area (Å²) in [6.45, 7) is 3.11. The Balaban J connectivity index is 1.53. The van der Waals surface area contributed by atoms with Gasteiger partial charge < -0.3 is 24.3 Å². The molecular weight excluding hydrogens is 525 g/mol. The second kappa shape index (κ2) is 10.8. The van der Waals surface area contributed by atoms with Crippen molar-refractivity contribution < 1.29 is 23.5 Å². The number of nitrogens with zero attached hydrogens (tertiary/aromatic N) is 2. The van der Waals surface area contributed by atoms with Gasteiger partial charge in [-0.25, -0.2) is 4.39 Å². The van der Waals surface area contributed by atoms with Crippen LogP contribution < -0.4 is 15.5 Å². The van der Waals surface area contributed by atoms with E-state index in [4.69, 9.17) is 21.1 Å². The molecule has 3 aromatic rings. The summed E-state index contributed by atoms with van der Waals surface area (Å²) in [6.07, 6.45) is 2.16. The molecule has 2 heterocycles. The number of halogens is 2. The highest BCUT2D eigenvalue weighted by atomic mass is 35.5. The highest BCUT2D eigenvalue weighted by Crippen LogP contribution is 2.52. The number of amides is 2. The van der Waals surface area contributed by atoms with E-state index in [9.17, 15) is 18.8 Å². The number of nitrogens with one attached hydrogen (secondary N) is 1. The largest absolute Gasteiger partial charge is 0.483 e. The SMILES string of the molecule is CCN1C(=O)c2c(OCc3ccccc3)c(=O)c(C(=O)NCc3cccc(Cl)c3F)cn2C[C@]12C[C@H]2COC. The van der Waals surface area contributed by atoms with Crippen molar-refractivity contribution in [1.82, 2.24) is 14.8 Å². The Morgan fingerprint density at radius 1 is 1.18 bits per heavy atom. The van der Waals surface area contributed by atoms with Gasteiger partial charge in [0.25, 0.3) is 11.8 Å². The Labute approximate surface area is 230 Å². The third-order valence-corrected chi connectivity index (χ3v) is 7.78. The zero-order chi connectivity index (χ0) is 27.7. The molecule has 0 unspecified atom stereocenters. The molecule has 0 radical (unpaired) electrons. The van der Waals surface area contributed by atoms with Crippen molar-refractivity contribution in [2.45, 2.75) is 38.6 Å². The number of methoxy groups -OCH3 is 1. The number of hydrogen-bond donors (Lipinski definition) is 1. The van der Waals surface area contributed by atoms with E-state index in [-0.39, 0.29) is 52.6 Å². The number of carbonyl (C=O) groups is 2. The molecule has 1 N–H and O–H groups in total. The summed E-state index contributed by atoms with van der Waals surface area (Å²) >= 11 is 5.86. The van der Waals surface area contributed by atoms with Crippen LogP contribution in [0.2, 0.25) is 5.02 Å². The number of hydrogen-bond acceptors (Lipinski definition) is 5. The molecule has 1 spiro atoms. The van der Waals surface area contributed by atoms with Crippen molar-refractivity contribution in [3.05, 3.63) is 98.2 Å². The molecule has 10 heteroatoms. The zero-order valence-corrected chi connectivity index (χ0v) is 22.5. The summed E-state index contributed by atoms with van der Waals surface area (Å²) in [7, 11) is 1.62. The first kappa shape index (κ1) is 26.9. The number of rotatable bonds is 9. The van der Waals surface area contributed by atoms with Crippen LogP contribution in [0.3, 0.4) is 0 Å². The van der Waals surface area contributed by atoms with Crippen LogP contribution in [0.15, 0.2) is 59.5 Å². The molecule has 5 rings (SSSR count). The molecular formula is C29H29ClFN3O5. The third-order valence-electron chi connectivity index (χ3n) is 7.49. The normalized spacial score (nSPS) is 19.6. The Bertz CT molecular complexity index is 1480. The number of fused-ring (bicyclic) bond motifs is 1. The smallest absolute Gasteiger partial charge is 0.275 e. The van der Waals surface area contributed by atoms with Gasteiger partial charge in [0, 0.05) is 44.4 Å². The molecule has 1 saturated carbocycles. The van der Waals surface area contributed by atoms with Crippen LogP contribution in [-0.4, -0.2) is 47.1 Å². The lowest BCUT2D eigenvalue weighted by molar-refractivity contribution is 0.0488. The average molecular weight is 554 g/mol. The summed E-state index contributed by atoms with van der Waals surface area (Å²) < 4.78 is 27.4. The molecule has 2 atom stereocenters. The molecule has 1 fully saturated rings. The molecule has 1 aliphatic heterocycles. The van der Waals surface area contributed by atoms with E-state index in [1.54, 1.807) is 22.6 Å². The molecule has 0 saturated heterocycles. The number of ether oxygens (including phenoxy) is 2. The van der Waals surface area contributed by atoms with Gasteiger partial charge >= 0.3 is 0 Å². The van der Waals surface area contributed by atoms with Crippen LogP contribution in [0.4, 0.5) is 4.39 Å². The summed E-state index contributed by atoms with van der Waals surface area (Å²) in [4.78, 5) is 42.4. The van der Waals surface area contributed by atoms with Gasteiger partial charge in [-0.3, -0.25) is 14.4 Å². The second-order valence-corrected chi connectivity index (χ2v) is 10.3. The maximum atomic E-state index is 14.4. The lowest BCUT2D eigenvalue weighted by atomic mass is 10.0. The molecule has 1 aromatic heterocycles. The minimum Gasteiger partial charge on any atom is -0.483 e. The highest BCUT2D eigenvalue weighted by Gasteiger charge is 2.62. The van der Waals surface area contributed by atoms with Crippen molar-refractivity contribution in [2.24, 2.45) is 5.92 Å². The van der Waals surface area contributed by atoms with Gasteiger partial charge in [-0.15, -0.1) is 0 Å². The van der Waals surface area contributed by atoms with Gasteiger partial charge in [0.15, 0.2) is 11.4 Å². The number of aromatic nitrogens is 1. The standard InChI is InChI=1S/C29H29ClFN3O5/c1-3-34-28(37)24-26(39-15-18-8-5-4-6-9-18)25(35)21(14-33(24)17-29(34)12-20(29)16-38-2)27(36)32-13-19-10-7-11-22(30)23(19)31/h4-11,14,20H,3,12-13,15-17H2,1-2H3,(H,32,36)/t20-,29-/m0/s1. The van der Waals surface area contributed by atoms with Crippen molar-refractivity contribution in [2.75, 3.05) is 20.3 Å². The van der Waals surface area contributed by atoms with Gasteiger partial charge in [-0.2, -0.15) is 0 Å². The van der Waals surface area contributed by atoms with Crippen LogP contribution in [0.1, 0.15) is 45.3 Å². The Morgan fingerprint density at radius 3 is 2.67 bits per heavy atom. The lowest BCUT2D eigenvalue weighted by Gasteiger charge is -2.39. The molecule has 204 valence electrons. The van der Waals surface area contributed by atoms with Crippen molar-refractivity contribution in [1.29, 1.82) is 0 Å². The lowest BCUT2D eigenvalue weighted by Crippen LogP contribution is -2.52. The minimum absolute atomic E-state index is 0.0404. The van der Waals surface area contributed by atoms with Crippen molar-refractivity contribution in [3.63, 3.8) is 0 Å². The second-order valence-electron chi connectivity index (χ2n) is 9.86. The first-order valence-electron chi connectivity index (χ1n) is 12.8. The van der Waals surface area contributed by atoms with E-state index in [1.165, 1.54) is 18.3 Å². The maximum Gasteiger partial charge on any atom is 0.275 e. The van der Waals surface area contributed by atoms with Crippen LogP contribution in [-0.2, 0) is 24.4 Å². The topological polar surface area (TPSA) is 89.9 Å². The van der Waals surface area contributed by atoms with E-state index >= 15 is 0 Å². The number of likely N-dealkylation sites (N-methyl/N-ethyl adjacent to an activating group) is 1. The van der Waals surface area contributed by atoms with Gasteiger partial charge in [-0.05, 0) is 25.0 Å². The van der Waals surface area contributed by atoms with Gasteiger partial charge in [0.05, 0.1) is 17.2 Å². The number of pyridine rings is 1. The first-order valence-corrected chi connectivity index (χ1v) is 13.1. The molecule has 0 bridgehead atoms. The first-order chi connectivity index (χ1) is 18.8. The fraction of sp³-hybridized carbons (Fsp3) is 0.345. The molecule has 8 nitrogen and oxygen atoms in total. The fourth-order valence-electron chi connectivity index (χ4n) is 5.44. The molecule has 2 aromatic carbocycles. The van der Waals surface area contributed by atoms with E-state index < -0.39 is 22.7 Å². The van der Waals surface area contributed by atoms with Crippen LogP contribution in [0.25, 0.3) is 0 Å². The van der Waals surface area contributed by atoms with Crippen LogP contribution in [0, 0.1) is 11.7 Å².